The van der Waals surface area contributed by atoms with E-state index in [0.29, 0.717) is 29.7 Å². The lowest BCUT2D eigenvalue weighted by Gasteiger charge is -2.37. The van der Waals surface area contributed by atoms with Crippen LogP contribution in [0.5, 0.6) is 12.0 Å². The summed E-state index contributed by atoms with van der Waals surface area (Å²) in [5.41, 5.74) is 0. The first-order valence-electron chi connectivity index (χ1n) is 8.20. The predicted molar refractivity (Wildman–Crippen MR) is 84.3 cm³/mol. The summed E-state index contributed by atoms with van der Waals surface area (Å²) in [6, 6.07) is 0.714. The van der Waals surface area contributed by atoms with Gasteiger partial charge in [0.2, 0.25) is 0 Å². The smallest absolute Gasteiger partial charge is 0.338 e. The van der Waals surface area contributed by atoms with Crippen molar-refractivity contribution in [3.63, 3.8) is 0 Å². The number of aromatic nitrogens is 3. The van der Waals surface area contributed by atoms with Crippen LogP contribution < -0.4 is 14.0 Å². The zero-order valence-corrected chi connectivity index (χ0v) is 13.9. The zero-order chi connectivity index (χ0) is 15.8. The number of rotatable bonds is 8. The molecule has 0 unspecified atom stereocenters. The van der Waals surface area contributed by atoms with Crippen LogP contribution in [0.25, 0.3) is 0 Å². The number of hydrogen-bond donors (Lipinski definition) is 0. The van der Waals surface area contributed by atoms with Crippen LogP contribution in [0.3, 0.4) is 0 Å². The summed E-state index contributed by atoms with van der Waals surface area (Å²) >= 11 is 0. The topological polar surface area (TPSA) is 66.4 Å². The highest BCUT2D eigenvalue weighted by molar-refractivity contribution is 5.29. The average molecular weight is 311 g/mol. The minimum Gasteiger partial charge on any atom is -0.463 e. The molecule has 0 radical (unpaired) electrons. The maximum absolute atomic E-state index is 5.61. The van der Waals surface area contributed by atoms with Gasteiger partial charge >= 0.3 is 18.0 Å². The third-order valence-corrected chi connectivity index (χ3v) is 3.81. The van der Waals surface area contributed by atoms with Crippen molar-refractivity contribution in [2.75, 3.05) is 46.1 Å². The Kier molecular flexibility index (Phi) is 6.33. The van der Waals surface area contributed by atoms with E-state index in [2.05, 4.69) is 35.7 Å². The molecule has 1 aliphatic rings. The van der Waals surface area contributed by atoms with Crippen LogP contribution in [0.4, 0.5) is 5.95 Å². The molecule has 1 aliphatic heterocycles. The molecule has 0 N–H and O–H groups in total. The second kappa shape index (κ2) is 8.24. The predicted octanol–water partition coefficient (Wildman–Crippen LogP) is 1.81. The van der Waals surface area contributed by atoms with Gasteiger partial charge in [0.05, 0.1) is 33.0 Å². The van der Waals surface area contributed by atoms with Crippen LogP contribution in [0, 0.1) is 0 Å². The highest BCUT2D eigenvalue weighted by atomic mass is 16.5. The molecule has 7 heteroatoms. The van der Waals surface area contributed by atoms with Gasteiger partial charge in [0.15, 0.2) is 0 Å². The number of ether oxygens (including phenoxy) is 3. The Morgan fingerprint density at radius 3 is 1.91 bits per heavy atom. The van der Waals surface area contributed by atoms with Gasteiger partial charge in [-0.15, -0.1) is 15.0 Å². The third kappa shape index (κ3) is 4.04. The Hall–Kier alpha value is -1.47. The van der Waals surface area contributed by atoms with Gasteiger partial charge in [0.25, 0.3) is 0 Å². The summed E-state index contributed by atoms with van der Waals surface area (Å²) in [5, 5.41) is 0. The molecule has 0 bridgehead atoms. The van der Waals surface area contributed by atoms with E-state index < -0.39 is 0 Å². The fourth-order valence-corrected chi connectivity index (χ4v) is 2.41. The highest BCUT2D eigenvalue weighted by Gasteiger charge is 2.35. The monoisotopic (exact) mass is 311 g/mol. The van der Waals surface area contributed by atoms with E-state index in [1.807, 2.05) is 0 Å². The van der Waals surface area contributed by atoms with Gasteiger partial charge in [0, 0.05) is 0 Å². The van der Waals surface area contributed by atoms with Crippen molar-refractivity contribution in [2.45, 2.75) is 33.6 Å². The number of morpholine rings is 1. The fourth-order valence-electron chi connectivity index (χ4n) is 2.41. The van der Waals surface area contributed by atoms with Crippen LogP contribution >= 0.6 is 0 Å². The molecule has 7 nitrogen and oxygen atoms in total. The van der Waals surface area contributed by atoms with E-state index in [-0.39, 0.29) is 0 Å². The lowest BCUT2D eigenvalue weighted by Crippen LogP contribution is -2.57. The van der Waals surface area contributed by atoms with Gasteiger partial charge < -0.3 is 14.2 Å². The Morgan fingerprint density at radius 2 is 1.45 bits per heavy atom. The van der Waals surface area contributed by atoms with E-state index in [4.69, 9.17) is 14.2 Å². The van der Waals surface area contributed by atoms with Gasteiger partial charge in [-0.05, 0) is 19.8 Å². The summed E-state index contributed by atoms with van der Waals surface area (Å²) < 4.78 is 17.4. The van der Waals surface area contributed by atoms with Gasteiger partial charge in [-0.1, -0.05) is 13.8 Å². The maximum atomic E-state index is 5.61. The Balaban J connectivity index is 2.30. The second-order valence-corrected chi connectivity index (χ2v) is 5.42. The van der Waals surface area contributed by atoms with Crippen molar-refractivity contribution < 1.29 is 14.2 Å². The van der Waals surface area contributed by atoms with Crippen molar-refractivity contribution >= 4 is 5.95 Å². The Labute approximate surface area is 132 Å². The van der Waals surface area contributed by atoms with E-state index in [9.17, 15) is 0 Å². The van der Waals surface area contributed by atoms with Gasteiger partial charge in [-0.2, -0.15) is 0 Å². The van der Waals surface area contributed by atoms with Crippen LogP contribution in [-0.2, 0) is 4.74 Å². The molecule has 0 aliphatic carbocycles. The molecule has 0 saturated carbocycles. The summed E-state index contributed by atoms with van der Waals surface area (Å²) in [5.74, 6) is 0.720. The van der Waals surface area contributed by atoms with E-state index >= 15 is 0 Å². The molecule has 0 atom stereocenters. The molecule has 1 fully saturated rings. The first kappa shape index (κ1) is 16.9. The van der Waals surface area contributed by atoms with Crippen molar-refractivity contribution in [3.05, 3.63) is 0 Å². The Bertz CT molecular complexity index is 438. The van der Waals surface area contributed by atoms with Crippen LogP contribution in [0.15, 0.2) is 0 Å². The summed E-state index contributed by atoms with van der Waals surface area (Å²) in [7, 11) is 0. The van der Waals surface area contributed by atoms with Crippen LogP contribution in [0.1, 0.15) is 33.6 Å². The zero-order valence-electron chi connectivity index (χ0n) is 13.9. The van der Waals surface area contributed by atoms with Crippen molar-refractivity contribution in [3.8, 4) is 12.0 Å². The molecule has 2 heterocycles. The van der Waals surface area contributed by atoms with E-state index in [1.165, 1.54) is 0 Å². The molecule has 1 saturated heterocycles. The molecule has 1 aromatic rings. The number of hydrogen-bond acceptors (Lipinski definition) is 6. The SMILES string of the molecule is CCCOc1nc(OCCC)nc([N+]2(CC)CCOCC2)n1. The highest BCUT2D eigenvalue weighted by Crippen LogP contribution is 2.24. The number of nitrogens with zero attached hydrogens (tertiary/aromatic N) is 4. The molecular formula is C15H27N4O3+. The summed E-state index contributed by atoms with van der Waals surface area (Å²) in [6.07, 6.45) is 1.82. The van der Waals surface area contributed by atoms with E-state index in [0.717, 1.165) is 51.6 Å². The first-order chi connectivity index (χ1) is 10.7. The molecule has 0 aromatic carbocycles. The van der Waals surface area contributed by atoms with Crippen LogP contribution in [0.2, 0.25) is 0 Å². The third-order valence-electron chi connectivity index (χ3n) is 3.81. The van der Waals surface area contributed by atoms with E-state index in [1.54, 1.807) is 0 Å². The van der Waals surface area contributed by atoms with Crippen LogP contribution in [-0.4, -0.2) is 61.0 Å². The minimum absolute atomic E-state index is 0.357. The maximum Gasteiger partial charge on any atom is 0.338 e. The molecule has 0 spiro atoms. The lowest BCUT2D eigenvalue weighted by atomic mass is 10.3. The molecule has 2 rings (SSSR count). The van der Waals surface area contributed by atoms with Gasteiger partial charge in [-0.25, -0.2) is 0 Å². The normalized spacial score (nSPS) is 17.2. The number of likely N-dealkylation sites (N-methyl/N-ethyl adjacent to an activating group) is 1. The van der Waals surface area contributed by atoms with Gasteiger partial charge in [0.1, 0.15) is 13.1 Å². The fraction of sp³-hybridized carbons (Fsp3) is 0.800. The average Bonchev–Trinajstić information content (AvgIpc) is 2.58. The van der Waals surface area contributed by atoms with Gasteiger partial charge in [-0.3, -0.25) is 4.48 Å². The van der Waals surface area contributed by atoms with Crippen molar-refractivity contribution in [1.82, 2.24) is 19.4 Å². The quantitative estimate of drug-likeness (QED) is 0.682. The van der Waals surface area contributed by atoms with Crippen molar-refractivity contribution in [2.24, 2.45) is 0 Å². The molecule has 124 valence electrons. The molecule has 22 heavy (non-hydrogen) atoms. The summed E-state index contributed by atoms with van der Waals surface area (Å²) in [6.45, 7) is 11.5. The standard InChI is InChI=1S/C15H27N4O3/c1-4-9-21-14-16-13(17-15(18-14)22-10-5-2)19(6-3)7-11-20-12-8-19/h4-12H2,1-3H3/q+1. The first-order valence-corrected chi connectivity index (χ1v) is 8.20. The second-order valence-electron chi connectivity index (χ2n) is 5.42. The Morgan fingerprint density at radius 1 is 0.909 bits per heavy atom. The lowest BCUT2D eigenvalue weighted by molar-refractivity contribution is 0.0390. The van der Waals surface area contributed by atoms with Crippen molar-refractivity contribution in [1.29, 1.82) is 0 Å². The minimum atomic E-state index is 0.357. The molecule has 0 amide bonds. The molecular weight excluding hydrogens is 284 g/mol. The molecule has 1 aromatic heterocycles. The largest absolute Gasteiger partial charge is 0.463 e. The number of quaternary nitrogens is 1. The summed E-state index contributed by atoms with van der Waals surface area (Å²) in [4.78, 5) is 13.3.